The summed E-state index contributed by atoms with van der Waals surface area (Å²) in [4.78, 5) is 23.3. The molecule has 3 amide bonds. The van der Waals surface area contributed by atoms with Gasteiger partial charge in [-0.25, -0.2) is 9.18 Å². The molecule has 2 aromatic rings. The van der Waals surface area contributed by atoms with Gasteiger partial charge in [-0.05, 0) is 42.5 Å². The summed E-state index contributed by atoms with van der Waals surface area (Å²) in [5, 5.41) is 7.48. The number of carbonyl (C=O) groups is 2. The number of carbonyl (C=O) groups excluding carboxylic acids is 2. The minimum atomic E-state index is -0.503. The molecule has 114 valence electrons. The quantitative estimate of drug-likeness (QED) is 0.777. The van der Waals surface area contributed by atoms with E-state index in [9.17, 15) is 14.0 Å². The third-order valence-electron chi connectivity index (χ3n) is 2.62. The molecule has 5 nitrogen and oxygen atoms in total. The van der Waals surface area contributed by atoms with Crippen molar-refractivity contribution in [3.63, 3.8) is 0 Å². The molecular formula is C15H13BrFN3O2. The Kier molecular flexibility index (Phi) is 5.48. The second kappa shape index (κ2) is 7.56. The van der Waals surface area contributed by atoms with Crippen molar-refractivity contribution >= 4 is 39.2 Å². The molecule has 0 heterocycles. The van der Waals surface area contributed by atoms with Crippen LogP contribution in [0.5, 0.6) is 0 Å². The maximum Gasteiger partial charge on any atom is 0.319 e. The molecule has 0 radical (unpaired) electrons. The Morgan fingerprint density at radius 3 is 2.41 bits per heavy atom. The van der Waals surface area contributed by atoms with E-state index in [1.54, 1.807) is 30.3 Å². The largest absolute Gasteiger partial charge is 0.329 e. The number of benzene rings is 2. The summed E-state index contributed by atoms with van der Waals surface area (Å²) < 4.78 is 13.9. The molecule has 0 fully saturated rings. The molecule has 22 heavy (non-hydrogen) atoms. The Balaban J connectivity index is 1.78. The van der Waals surface area contributed by atoms with E-state index in [-0.39, 0.29) is 6.54 Å². The van der Waals surface area contributed by atoms with E-state index in [0.29, 0.717) is 11.4 Å². The highest BCUT2D eigenvalue weighted by Gasteiger charge is 2.06. The van der Waals surface area contributed by atoms with Crippen LogP contribution in [0.15, 0.2) is 53.0 Å². The first-order chi connectivity index (χ1) is 10.5. The van der Waals surface area contributed by atoms with Crippen LogP contribution in [0.1, 0.15) is 0 Å². The molecular weight excluding hydrogens is 353 g/mol. The lowest BCUT2D eigenvalue weighted by Gasteiger charge is -2.08. The molecule has 0 bridgehead atoms. The number of anilines is 2. The second-order valence-corrected chi connectivity index (χ2v) is 5.29. The fourth-order valence-electron chi connectivity index (χ4n) is 1.64. The third kappa shape index (κ3) is 5.17. The molecule has 0 spiro atoms. The number of urea groups is 1. The summed E-state index contributed by atoms with van der Waals surface area (Å²) in [6.45, 7) is -0.223. The van der Waals surface area contributed by atoms with Crippen molar-refractivity contribution in [3.05, 3.63) is 58.8 Å². The number of hydrogen-bond acceptors (Lipinski definition) is 2. The fraction of sp³-hybridized carbons (Fsp3) is 0.0667. The molecule has 0 aliphatic heterocycles. The maximum absolute atomic E-state index is 13.0. The van der Waals surface area contributed by atoms with Crippen LogP contribution in [0, 0.1) is 5.82 Å². The molecule has 7 heteroatoms. The van der Waals surface area contributed by atoms with Crippen molar-refractivity contribution in [2.45, 2.75) is 0 Å². The van der Waals surface area contributed by atoms with Gasteiger partial charge in [0.05, 0.1) is 6.54 Å². The Morgan fingerprint density at radius 1 is 1.00 bits per heavy atom. The van der Waals surface area contributed by atoms with E-state index in [0.717, 1.165) is 4.47 Å². The Morgan fingerprint density at radius 2 is 1.73 bits per heavy atom. The summed E-state index contributed by atoms with van der Waals surface area (Å²) in [5.41, 5.74) is 0.936. The van der Waals surface area contributed by atoms with Gasteiger partial charge < -0.3 is 16.0 Å². The minimum absolute atomic E-state index is 0.223. The second-order valence-electron chi connectivity index (χ2n) is 4.37. The molecule has 0 aliphatic rings. The SMILES string of the molecule is O=C(CNC(=O)Nc1ccc(Br)cc1)Nc1cccc(F)c1. The zero-order chi connectivity index (χ0) is 15.9. The number of rotatable bonds is 4. The zero-order valence-corrected chi connectivity index (χ0v) is 13.0. The normalized spacial score (nSPS) is 9.91. The van der Waals surface area contributed by atoms with Crippen molar-refractivity contribution in [1.82, 2.24) is 5.32 Å². The van der Waals surface area contributed by atoms with E-state index >= 15 is 0 Å². The van der Waals surface area contributed by atoms with Crippen LogP contribution < -0.4 is 16.0 Å². The number of halogens is 2. The van der Waals surface area contributed by atoms with Crippen molar-refractivity contribution in [3.8, 4) is 0 Å². The van der Waals surface area contributed by atoms with Gasteiger partial charge in [0, 0.05) is 15.8 Å². The highest BCUT2D eigenvalue weighted by Crippen LogP contribution is 2.13. The van der Waals surface area contributed by atoms with Gasteiger partial charge in [-0.3, -0.25) is 4.79 Å². The van der Waals surface area contributed by atoms with E-state index < -0.39 is 17.8 Å². The predicted molar refractivity (Wildman–Crippen MR) is 86.2 cm³/mol. The van der Waals surface area contributed by atoms with Gasteiger partial charge in [-0.15, -0.1) is 0 Å². The van der Waals surface area contributed by atoms with Crippen LogP contribution >= 0.6 is 15.9 Å². The molecule has 0 unspecified atom stereocenters. The van der Waals surface area contributed by atoms with E-state index in [4.69, 9.17) is 0 Å². The van der Waals surface area contributed by atoms with Crippen molar-refractivity contribution in [1.29, 1.82) is 0 Å². The first-order valence-corrected chi connectivity index (χ1v) is 7.18. The molecule has 2 aromatic carbocycles. The molecule has 2 rings (SSSR count). The van der Waals surface area contributed by atoms with Gasteiger partial charge in [0.15, 0.2) is 0 Å². The smallest absolute Gasteiger partial charge is 0.319 e. The Hall–Kier alpha value is -2.41. The molecule has 0 atom stereocenters. The van der Waals surface area contributed by atoms with Crippen LogP contribution in [0.4, 0.5) is 20.6 Å². The molecule has 0 aliphatic carbocycles. The molecule has 0 aromatic heterocycles. The minimum Gasteiger partial charge on any atom is -0.329 e. The average Bonchev–Trinajstić information content (AvgIpc) is 2.48. The van der Waals surface area contributed by atoms with E-state index in [2.05, 4.69) is 31.9 Å². The molecule has 0 saturated carbocycles. The maximum atomic E-state index is 13.0. The standard InChI is InChI=1S/C15H13BrFN3O2/c16-10-4-6-12(7-5-10)20-15(22)18-9-14(21)19-13-3-1-2-11(17)8-13/h1-8H,9H2,(H,19,21)(H2,18,20,22). The number of nitrogens with one attached hydrogen (secondary N) is 3. The fourth-order valence-corrected chi connectivity index (χ4v) is 1.90. The summed E-state index contributed by atoms with van der Waals surface area (Å²) in [6, 6.07) is 12.0. The van der Waals surface area contributed by atoms with Gasteiger partial charge in [0.25, 0.3) is 0 Å². The van der Waals surface area contributed by atoms with Crippen LogP contribution in [-0.4, -0.2) is 18.5 Å². The van der Waals surface area contributed by atoms with Crippen LogP contribution in [-0.2, 0) is 4.79 Å². The van der Waals surface area contributed by atoms with Crippen LogP contribution in [0.2, 0.25) is 0 Å². The number of amides is 3. The summed E-state index contributed by atoms with van der Waals surface area (Å²) >= 11 is 3.29. The van der Waals surface area contributed by atoms with Crippen molar-refractivity contribution in [2.24, 2.45) is 0 Å². The molecule has 0 saturated heterocycles. The summed E-state index contributed by atoms with van der Waals surface area (Å²) in [7, 11) is 0. The van der Waals surface area contributed by atoms with Gasteiger partial charge >= 0.3 is 6.03 Å². The summed E-state index contributed by atoms with van der Waals surface area (Å²) in [6.07, 6.45) is 0. The topological polar surface area (TPSA) is 70.2 Å². The lowest BCUT2D eigenvalue weighted by molar-refractivity contribution is -0.115. The Labute approximate surface area is 135 Å². The average molecular weight is 366 g/mol. The Bertz CT molecular complexity index is 677. The monoisotopic (exact) mass is 365 g/mol. The van der Waals surface area contributed by atoms with Gasteiger partial charge in [0.2, 0.25) is 5.91 Å². The molecule has 3 N–H and O–H groups in total. The van der Waals surface area contributed by atoms with E-state index in [1.165, 1.54) is 18.2 Å². The van der Waals surface area contributed by atoms with Crippen molar-refractivity contribution < 1.29 is 14.0 Å². The number of hydrogen-bond donors (Lipinski definition) is 3. The van der Waals surface area contributed by atoms with Crippen molar-refractivity contribution in [2.75, 3.05) is 17.2 Å². The summed E-state index contributed by atoms with van der Waals surface area (Å²) in [5.74, 6) is -0.893. The van der Waals surface area contributed by atoms with Gasteiger partial charge in [0.1, 0.15) is 5.82 Å². The van der Waals surface area contributed by atoms with Crippen LogP contribution in [0.25, 0.3) is 0 Å². The highest BCUT2D eigenvalue weighted by molar-refractivity contribution is 9.10. The van der Waals surface area contributed by atoms with Crippen LogP contribution in [0.3, 0.4) is 0 Å². The third-order valence-corrected chi connectivity index (χ3v) is 3.15. The highest BCUT2D eigenvalue weighted by atomic mass is 79.9. The predicted octanol–water partition coefficient (Wildman–Crippen LogP) is 3.35. The van der Waals surface area contributed by atoms with Gasteiger partial charge in [-0.1, -0.05) is 22.0 Å². The zero-order valence-electron chi connectivity index (χ0n) is 11.4. The lowest BCUT2D eigenvalue weighted by Crippen LogP contribution is -2.35. The van der Waals surface area contributed by atoms with Gasteiger partial charge in [-0.2, -0.15) is 0 Å². The lowest BCUT2D eigenvalue weighted by atomic mass is 10.3. The van der Waals surface area contributed by atoms with E-state index in [1.807, 2.05) is 0 Å². The first-order valence-electron chi connectivity index (χ1n) is 6.39. The first kappa shape index (κ1) is 16.0.